The number of nitrogens with two attached hydrogens (primary N) is 1. The molecule has 2 aromatic rings. The van der Waals surface area contributed by atoms with Crippen LogP contribution in [0.15, 0.2) is 36.7 Å². The fourth-order valence-electron chi connectivity index (χ4n) is 1.28. The van der Waals surface area contributed by atoms with E-state index in [0.29, 0.717) is 23.9 Å². The molecule has 0 radical (unpaired) electrons. The van der Waals surface area contributed by atoms with E-state index in [2.05, 4.69) is 9.97 Å². The lowest BCUT2D eigenvalue weighted by atomic mass is 10.3. The van der Waals surface area contributed by atoms with Gasteiger partial charge in [0.1, 0.15) is 0 Å². The number of ether oxygens (including phenoxy) is 2. The largest absolute Gasteiger partial charge is 0.481 e. The minimum Gasteiger partial charge on any atom is -0.481 e. The van der Waals surface area contributed by atoms with Crippen molar-refractivity contribution in [2.24, 2.45) is 5.73 Å². The third-order valence-corrected chi connectivity index (χ3v) is 2.32. The zero-order valence-electron chi connectivity index (χ0n) is 11.4. The van der Waals surface area contributed by atoms with E-state index in [9.17, 15) is 0 Å². The van der Waals surface area contributed by atoms with Crippen LogP contribution in [0, 0.1) is 11.3 Å². The van der Waals surface area contributed by atoms with Crippen LogP contribution in [0.25, 0.3) is 0 Å². The fraction of sp³-hybridized carbons (Fsp3) is 0.214. The molecule has 2 heterocycles. The highest BCUT2D eigenvalue weighted by Crippen LogP contribution is 2.07. The molecule has 0 aliphatic heterocycles. The number of hydrogen-bond donors (Lipinski definition) is 1. The van der Waals surface area contributed by atoms with E-state index < -0.39 is 0 Å². The van der Waals surface area contributed by atoms with Crippen molar-refractivity contribution in [2.45, 2.75) is 6.54 Å². The molecule has 6 heteroatoms. The first-order valence-corrected chi connectivity index (χ1v) is 5.82. The first-order valence-electron chi connectivity index (χ1n) is 5.82. The highest BCUT2D eigenvalue weighted by Gasteiger charge is 1.93. The zero-order chi connectivity index (χ0) is 14.8. The highest BCUT2D eigenvalue weighted by molar-refractivity contribution is 5.30. The van der Waals surface area contributed by atoms with Crippen molar-refractivity contribution in [3.05, 3.63) is 47.8 Å². The molecule has 0 bridgehead atoms. The molecule has 104 valence electrons. The summed E-state index contributed by atoms with van der Waals surface area (Å²) in [7, 11) is 3.10. The van der Waals surface area contributed by atoms with E-state index in [1.54, 1.807) is 25.4 Å². The molecule has 2 aromatic heterocycles. The lowest BCUT2D eigenvalue weighted by Gasteiger charge is -1.98. The van der Waals surface area contributed by atoms with Gasteiger partial charge in [0.05, 0.1) is 25.9 Å². The molecule has 0 aromatic carbocycles. The summed E-state index contributed by atoms with van der Waals surface area (Å²) in [6.07, 6.45) is 3.22. The van der Waals surface area contributed by atoms with Crippen LogP contribution >= 0.6 is 0 Å². The van der Waals surface area contributed by atoms with E-state index in [1.165, 1.54) is 13.3 Å². The molecular weight excluding hydrogens is 256 g/mol. The second-order valence-electron chi connectivity index (χ2n) is 3.61. The number of rotatable bonds is 3. The maximum absolute atomic E-state index is 8.42. The Bertz CT molecular complexity index is 562. The second-order valence-corrected chi connectivity index (χ2v) is 3.61. The summed E-state index contributed by atoms with van der Waals surface area (Å²) in [5, 5.41) is 8.42. The zero-order valence-corrected chi connectivity index (χ0v) is 11.4. The van der Waals surface area contributed by atoms with Crippen LogP contribution in [0.2, 0.25) is 0 Å². The van der Waals surface area contributed by atoms with E-state index in [-0.39, 0.29) is 0 Å². The summed E-state index contributed by atoms with van der Waals surface area (Å²) in [6.45, 7) is 0.527. The summed E-state index contributed by atoms with van der Waals surface area (Å²) in [6, 6.07) is 8.88. The van der Waals surface area contributed by atoms with E-state index in [4.69, 9.17) is 20.5 Å². The van der Waals surface area contributed by atoms with Crippen LogP contribution in [0.1, 0.15) is 11.1 Å². The normalized spacial score (nSPS) is 8.90. The SMILES string of the molecule is COc1cc(C#N)ccn1.COc1cc(CN)ccn1. The topological polar surface area (TPSA) is 94.0 Å². The number of nitrogens with zero attached hydrogens (tertiary/aromatic N) is 3. The van der Waals surface area contributed by atoms with Crippen LogP contribution < -0.4 is 15.2 Å². The van der Waals surface area contributed by atoms with Gasteiger partial charge in [0.2, 0.25) is 11.8 Å². The molecule has 0 unspecified atom stereocenters. The third kappa shape index (κ3) is 4.92. The minimum atomic E-state index is 0.471. The Hall–Kier alpha value is -2.65. The summed E-state index contributed by atoms with van der Waals surface area (Å²) in [5.74, 6) is 1.09. The first kappa shape index (κ1) is 15.4. The molecule has 2 N–H and O–H groups in total. The Morgan fingerprint density at radius 3 is 2.25 bits per heavy atom. The molecule has 20 heavy (non-hydrogen) atoms. The number of pyridine rings is 2. The van der Waals surface area contributed by atoms with Crippen molar-refractivity contribution in [3.63, 3.8) is 0 Å². The molecule has 0 spiro atoms. The quantitative estimate of drug-likeness (QED) is 0.910. The highest BCUT2D eigenvalue weighted by atomic mass is 16.5. The van der Waals surface area contributed by atoms with Crippen molar-refractivity contribution in [3.8, 4) is 17.8 Å². The van der Waals surface area contributed by atoms with Gasteiger partial charge in [-0.05, 0) is 17.7 Å². The van der Waals surface area contributed by atoms with Crippen molar-refractivity contribution in [1.82, 2.24) is 9.97 Å². The standard InChI is InChI=1S/C7H10N2O.C7H6N2O/c2*1-10-7-4-6(5-8)2-3-9-7/h2-4H,5,8H2,1H3;2-4H,1H3. The Morgan fingerprint density at radius 1 is 1.10 bits per heavy atom. The van der Waals surface area contributed by atoms with Crippen LogP contribution in [0.4, 0.5) is 0 Å². The van der Waals surface area contributed by atoms with Crippen LogP contribution in [-0.2, 0) is 6.54 Å². The predicted octanol–water partition coefficient (Wildman–Crippen LogP) is 1.51. The molecule has 0 aliphatic carbocycles. The van der Waals surface area contributed by atoms with Gasteiger partial charge >= 0.3 is 0 Å². The first-order chi connectivity index (χ1) is 9.73. The van der Waals surface area contributed by atoms with Crippen LogP contribution in [0.3, 0.4) is 0 Å². The van der Waals surface area contributed by atoms with Crippen molar-refractivity contribution in [2.75, 3.05) is 14.2 Å². The van der Waals surface area contributed by atoms with Crippen LogP contribution in [-0.4, -0.2) is 24.2 Å². The number of aromatic nitrogens is 2. The van der Waals surface area contributed by atoms with Gasteiger partial charge in [-0.3, -0.25) is 0 Å². The van der Waals surface area contributed by atoms with E-state index in [0.717, 1.165) is 5.56 Å². The summed E-state index contributed by atoms with van der Waals surface area (Å²) < 4.78 is 9.68. The number of methoxy groups -OCH3 is 2. The minimum absolute atomic E-state index is 0.471. The molecule has 0 aliphatic rings. The lowest BCUT2D eigenvalue weighted by molar-refractivity contribution is 0.397. The smallest absolute Gasteiger partial charge is 0.214 e. The maximum Gasteiger partial charge on any atom is 0.214 e. The molecule has 0 amide bonds. The van der Waals surface area contributed by atoms with E-state index >= 15 is 0 Å². The lowest BCUT2D eigenvalue weighted by Crippen LogP contribution is -1.97. The molecule has 2 rings (SSSR count). The van der Waals surface area contributed by atoms with Gasteiger partial charge in [-0.2, -0.15) is 5.26 Å². The molecule has 0 fully saturated rings. The van der Waals surface area contributed by atoms with Gasteiger partial charge in [0.15, 0.2) is 0 Å². The molecule has 0 saturated heterocycles. The average Bonchev–Trinajstić information content (AvgIpc) is 2.55. The third-order valence-electron chi connectivity index (χ3n) is 2.32. The van der Waals surface area contributed by atoms with Gasteiger partial charge in [0, 0.05) is 31.1 Å². The van der Waals surface area contributed by atoms with Crippen LogP contribution in [0.5, 0.6) is 11.8 Å². The molecule has 0 saturated carbocycles. The monoisotopic (exact) mass is 272 g/mol. The maximum atomic E-state index is 8.42. The fourth-order valence-corrected chi connectivity index (χ4v) is 1.28. The second kappa shape index (κ2) is 8.45. The number of nitriles is 1. The Balaban J connectivity index is 0.000000200. The molecule has 0 atom stereocenters. The summed E-state index contributed by atoms with van der Waals surface area (Å²) >= 11 is 0. The van der Waals surface area contributed by atoms with Crippen molar-refractivity contribution < 1.29 is 9.47 Å². The predicted molar refractivity (Wildman–Crippen MR) is 74.2 cm³/mol. The number of hydrogen-bond acceptors (Lipinski definition) is 6. The molecule has 6 nitrogen and oxygen atoms in total. The van der Waals surface area contributed by atoms with Crippen molar-refractivity contribution >= 4 is 0 Å². The van der Waals surface area contributed by atoms with Crippen molar-refractivity contribution in [1.29, 1.82) is 5.26 Å². The summed E-state index contributed by atoms with van der Waals surface area (Å²) in [4.78, 5) is 7.76. The average molecular weight is 272 g/mol. The Labute approximate surface area is 117 Å². The Kier molecular flexibility index (Phi) is 6.51. The molecular formula is C14H16N4O2. The Morgan fingerprint density at radius 2 is 1.70 bits per heavy atom. The van der Waals surface area contributed by atoms with Gasteiger partial charge in [-0.1, -0.05) is 0 Å². The van der Waals surface area contributed by atoms with Gasteiger partial charge < -0.3 is 15.2 Å². The van der Waals surface area contributed by atoms with Gasteiger partial charge in [-0.15, -0.1) is 0 Å². The summed E-state index contributed by atoms with van der Waals surface area (Å²) in [5.41, 5.74) is 6.99. The van der Waals surface area contributed by atoms with Gasteiger partial charge in [-0.25, -0.2) is 9.97 Å². The van der Waals surface area contributed by atoms with E-state index in [1.807, 2.05) is 18.2 Å². The van der Waals surface area contributed by atoms with Gasteiger partial charge in [0.25, 0.3) is 0 Å².